The number of benzene rings is 1. The molecule has 6 heteroatoms. The van der Waals surface area contributed by atoms with Gasteiger partial charge in [0.1, 0.15) is 0 Å². The molecule has 2 aromatic rings. The Morgan fingerprint density at radius 2 is 2.14 bits per heavy atom. The van der Waals surface area contributed by atoms with E-state index in [2.05, 4.69) is 10.3 Å². The summed E-state index contributed by atoms with van der Waals surface area (Å²) in [5, 5.41) is 3.28. The molecule has 108 valence electrons. The first kappa shape index (κ1) is 14.2. The molecule has 0 saturated carbocycles. The van der Waals surface area contributed by atoms with Gasteiger partial charge in [0.05, 0.1) is 6.61 Å². The van der Waals surface area contributed by atoms with Crippen LogP contribution < -0.4 is 10.1 Å². The monoisotopic (exact) mass is 322 g/mol. The Labute approximate surface area is 132 Å². The van der Waals surface area contributed by atoms with Gasteiger partial charge >= 0.3 is 0 Å². The van der Waals surface area contributed by atoms with E-state index in [9.17, 15) is 4.79 Å². The number of fused-ring (bicyclic) bond motifs is 1. The van der Waals surface area contributed by atoms with Crippen LogP contribution in [0.1, 0.15) is 18.1 Å². The fraction of sp³-hybridized carbons (Fsp3) is 0.200. The van der Waals surface area contributed by atoms with Crippen molar-refractivity contribution in [3.63, 3.8) is 0 Å². The van der Waals surface area contributed by atoms with Crippen molar-refractivity contribution in [2.45, 2.75) is 11.8 Å². The van der Waals surface area contributed by atoms with Crippen LogP contribution in [0.15, 0.2) is 36.5 Å². The maximum Gasteiger partial charge on any atom is 0.255 e. The summed E-state index contributed by atoms with van der Waals surface area (Å²) in [6.45, 7) is 2.28. The summed E-state index contributed by atoms with van der Waals surface area (Å²) < 4.78 is 5.50. The number of aromatic nitrogens is 1. The van der Waals surface area contributed by atoms with Gasteiger partial charge in [-0.1, -0.05) is 23.2 Å². The fourth-order valence-corrected chi connectivity index (χ4v) is 2.93. The number of pyridine rings is 1. The second-order valence-corrected chi connectivity index (χ2v) is 5.60. The molecule has 0 fully saturated rings. The number of anilines is 1. The number of carbonyl (C=O) groups is 1. The number of alkyl halides is 1. The molecule has 0 radical (unpaired) electrons. The van der Waals surface area contributed by atoms with Crippen molar-refractivity contribution in [2.24, 2.45) is 0 Å². The summed E-state index contributed by atoms with van der Waals surface area (Å²) >= 11 is 12.7. The average Bonchev–Trinajstić information content (AvgIpc) is 2.73. The Morgan fingerprint density at radius 3 is 2.90 bits per heavy atom. The van der Waals surface area contributed by atoms with Crippen molar-refractivity contribution in [2.75, 3.05) is 11.9 Å². The predicted octanol–water partition coefficient (Wildman–Crippen LogP) is 3.57. The zero-order valence-corrected chi connectivity index (χ0v) is 12.7. The summed E-state index contributed by atoms with van der Waals surface area (Å²) in [5.41, 5.74) is 1.76. The molecule has 0 spiro atoms. The van der Waals surface area contributed by atoms with Crippen molar-refractivity contribution in [3.05, 3.63) is 52.7 Å². The third-order valence-electron chi connectivity index (χ3n) is 3.34. The Kier molecular flexibility index (Phi) is 3.51. The Morgan fingerprint density at radius 1 is 1.33 bits per heavy atom. The summed E-state index contributed by atoms with van der Waals surface area (Å²) in [4.78, 5) is 15.2. The highest BCUT2D eigenvalue weighted by atomic mass is 35.5. The molecule has 1 amide bonds. The minimum Gasteiger partial charge on any atom is -0.478 e. The SMILES string of the molecule is CCOc1ncccc1C1(Cl)C(=O)Nc2ccc(Cl)cc21. The molecule has 1 aromatic carbocycles. The van der Waals surface area contributed by atoms with E-state index in [4.69, 9.17) is 27.9 Å². The zero-order valence-electron chi connectivity index (χ0n) is 11.2. The zero-order chi connectivity index (χ0) is 15.0. The van der Waals surface area contributed by atoms with Gasteiger partial charge in [-0.15, -0.1) is 0 Å². The first-order valence-electron chi connectivity index (χ1n) is 6.46. The number of nitrogens with zero attached hydrogens (tertiary/aromatic N) is 1. The molecule has 1 aliphatic rings. The quantitative estimate of drug-likeness (QED) is 0.879. The molecule has 3 rings (SSSR count). The minimum absolute atomic E-state index is 0.338. The van der Waals surface area contributed by atoms with Crippen LogP contribution in [0.5, 0.6) is 5.88 Å². The standard InChI is InChI=1S/C15H12Cl2N2O2/c1-2-21-13-10(4-3-7-18-13)15(17)11-8-9(16)5-6-12(11)19-14(15)20/h3-8H,2H2,1H3,(H,19,20). The number of rotatable bonds is 3. The summed E-state index contributed by atoms with van der Waals surface area (Å²) in [6, 6.07) is 8.58. The maximum atomic E-state index is 12.5. The van der Waals surface area contributed by atoms with E-state index >= 15 is 0 Å². The first-order valence-corrected chi connectivity index (χ1v) is 7.21. The molecule has 1 atom stereocenters. The molecule has 1 unspecified atom stereocenters. The number of amides is 1. The van der Waals surface area contributed by atoms with Crippen LogP contribution in [0.25, 0.3) is 0 Å². The molecular formula is C15H12Cl2N2O2. The molecular weight excluding hydrogens is 311 g/mol. The third-order valence-corrected chi connectivity index (χ3v) is 4.15. The van der Waals surface area contributed by atoms with Gasteiger partial charge in [0.25, 0.3) is 5.91 Å². The van der Waals surface area contributed by atoms with E-state index in [1.54, 1.807) is 36.5 Å². The lowest BCUT2D eigenvalue weighted by atomic mass is 9.92. The van der Waals surface area contributed by atoms with Gasteiger partial charge in [-0.05, 0) is 37.3 Å². The number of halogens is 2. The van der Waals surface area contributed by atoms with Crippen molar-refractivity contribution in [1.82, 2.24) is 4.98 Å². The lowest BCUT2D eigenvalue weighted by Crippen LogP contribution is -2.30. The molecule has 1 N–H and O–H groups in total. The molecule has 1 aromatic heterocycles. The van der Waals surface area contributed by atoms with Gasteiger partial charge in [0, 0.05) is 28.0 Å². The molecule has 1 aliphatic heterocycles. The molecule has 4 nitrogen and oxygen atoms in total. The smallest absolute Gasteiger partial charge is 0.255 e. The van der Waals surface area contributed by atoms with Crippen LogP contribution in [0.2, 0.25) is 5.02 Å². The van der Waals surface area contributed by atoms with Gasteiger partial charge in [0.15, 0.2) is 4.87 Å². The Hall–Kier alpha value is -1.78. The van der Waals surface area contributed by atoms with Crippen molar-refractivity contribution >= 4 is 34.8 Å². The highest BCUT2D eigenvalue weighted by Crippen LogP contribution is 2.49. The van der Waals surface area contributed by atoms with Crippen LogP contribution >= 0.6 is 23.2 Å². The van der Waals surface area contributed by atoms with Gasteiger partial charge < -0.3 is 10.1 Å². The fourth-order valence-electron chi connectivity index (χ4n) is 2.41. The van der Waals surface area contributed by atoms with E-state index in [1.165, 1.54) is 0 Å². The molecule has 0 bridgehead atoms. The van der Waals surface area contributed by atoms with Gasteiger partial charge in [-0.2, -0.15) is 0 Å². The van der Waals surface area contributed by atoms with Crippen LogP contribution in [-0.4, -0.2) is 17.5 Å². The average molecular weight is 323 g/mol. The highest BCUT2D eigenvalue weighted by molar-refractivity contribution is 6.41. The molecule has 0 aliphatic carbocycles. The van der Waals surface area contributed by atoms with Crippen LogP contribution in [0.3, 0.4) is 0 Å². The maximum absolute atomic E-state index is 12.5. The third kappa shape index (κ3) is 2.15. The lowest BCUT2D eigenvalue weighted by molar-refractivity contribution is -0.117. The van der Waals surface area contributed by atoms with Crippen molar-refractivity contribution < 1.29 is 9.53 Å². The number of ether oxygens (including phenoxy) is 1. The molecule has 2 heterocycles. The largest absolute Gasteiger partial charge is 0.478 e. The summed E-state index contributed by atoms with van der Waals surface area (Å²) in [7, 11) is 0. The van der Waals surface area contributed by atoms with Crippen LogP contribution in [-0.2, 0) is 9.67 Å². The van der Waals surface area contributed by atoms with Gasteiger partial charge in [0.2, 0.25) is 5.88 Å². The summed E-state index contributed by atoms with van der Waals surface area (Å²) in [5.74, 6) is 0.00774. The van der Waals surface area contributed by atoms with E-state index in [0.29, 0.717) is 34.3 Å². The van der Waals surface area contributed by atoms with Crippen LogP contribution in [0, 0.1) is 0 Å². The number of nitrogens with one attached hydrogen (secondary N) is 1. The van der Waals surface area contributed by atoms with E-state index < -0.39 is 4.87 Å². The number of carbonyl (C=O) groups excluding carboxylic acids is 1. The predicted molar refractivity (Wildman–Crippen MR) is 82.1 cm³/mol. The van der Waals surface area contributed by atoms with Crippen LogP contribution in [0.4, 0.5) is 5.69 Å². The topological polar surface area (TPSA) is 51.2 Å². The van der Waals surface area contributed by atoms with Gasteiger partial charge in [-0.25, -0.2) is 4.98 Å². The van der Waals surface area contributed by atoms with Crippen molar-refractivity contribution in [3.8, 4) is 5.88 Å². The lowest BCUT2D eigenvalue weighted by Gasteiger charge is -2.22. The Bertz CT molecular complexity index is 721. The highest BCUT2D eigenvalue weighted by Gasteiger charge is 2.49. The second kappa shape index (κ2) is 5.20. The molecule has 0 saturated heterocycles. The van der Waals surface area contributed by atoms with E-state index in [-0.39, 0.29) is 5.91 Å². The van der Waals surface area contributed by atoms with Crippen molar-refractivity contribution in [1.29, 1.82) is 0 Å². The van der Waals surface area contributed by atoms with Gasteiger partial charge in [-0.3, -0.25) is 4.79 Å². The Balaban J connectivity index is 2.22. The number of hydrogen-bond donors (Lipinski definition) is 1. The first-order chi connectivity index (χ1) is 10.1. The van der Waals surface area contributed by atoms with E-state index in [0.717, 1.165) is 0 Å². The number of hydrogen-bond acceptors (Lipinski definition) is 3. The summed E-state index contributed by atoms with van der Waals surface area (Å²) in [6.07, 6.45) is 1.60. The molecule has 21 heavy (non-hydrogen) atoms. The normalized spacial score (nSPS) is 20.0. The minimum atomic E-state index is -1.39. The second-order valence-electron chi connectivity index (χ2n) is 4.59. The van der Waals surface area contributed by atoms with E-state index in [1.807, 2.05) is 6.92 Å².